The number of carbonyl (C=O) groups is 1. The molecule has 11 heteroatoms. The molecule has 9 nitrogen and oxygen atoms in total. The molecule has 4 N–H and O–H groups in total. The second kappa shape index (κ2) is 12.2. The highest BCUT2D eigenvalue weighted by atomic mass is 35.5. The van der Waals surface area contributed by atoms with Gasteiger partial charge in [-0.15, -0.1) is 23.4 Å². The van der Waals surface area contributed by atoms with Crippen molar-refractivity contribution in [1.29, 1.82) is 0 Å². The zero-order valence-electron chi connectivity index (χ0n) is 21.2. The van der Waals surface area contributed by atoms with Crippen LogP contribution in [0.3, 0.4) is 0 Å². The van der Waals surface area contributed by atoms with Crippen LogP contribution in [0.5, 0.6) is 0 Å². The lowest BCUT2D eigenvalue weighted by molar-refractivity contribution is -0.205. The average Bonchev–Trinajstić information content (AvgIpc) is 3.05. The van der Waals surface area contributed by atoms with Crippen LogP contribution in [0.4, 0.5) is 5.69 Å². The van der Waals surface area contributed by atoms with Gasteiger partial charge in [0.25, 0.3) is 0 Å². The Bertz CT molecular complexity index is 976. The lowest BCUT2D eigenvalue weighted by atomic mass is 9.85. The molecule has 0 saturated carbocycles. The molecule has 0 radical (unpaired) electrons. The van der Waals surface area contributed by atoms with Gasteiger partial charge in [0.05, 0.1) is 24.1 Å². The number of nitrogens with one attached hydrogen (secondary N) is 1. The van der Waals surface area contributed by atoms with Gasteiger partial charge in [-0.25, -0.2) is 4.85 Å². The number of carbonyl (C=O) groups excluding carboxylic acids is 1. The number of nitrogens with zero attached hydrogens (tertiary/aromatic N) is 2. The van der Waals surface area contributed by atoms with Crippen LogP contribution in [0.1, 0.15) is 31.2 Å². The zero-order chi connectivity index (χ0) is 26.9. The number of aliphatic hydroxyl groups is 3. The SMILES string of the molecule is [C-]#[N+]c1ccc([C@@H]2CCO[C@@H]3[C@@H](C2)CN(C)[C@@H]3C(=O)N[C@H]([C@H](C)Cl)[C@H]2OC(SC)[C@H](O)[C@H](O)C2O)cc1. The Morgan fingerprint density at radius 2 is 1.95 bits per heavy atom. The molecule has 2 unspecified atom stereocenters. The summed E-state index contributed by atoms with van der Waals surface area (Å²) in [5, 5.41) is 33.6. The van der Waals surface area contributed by atoms with Crippen molar-refractivity contribution in [3.05, 3.63) is 41.2 Å². The predicted molar refractivity (Wildman–Crippen MR) is 142 cm³/mol. The largest absolute Gasteiger partial charge is 0.388 e. The number of fused-ring (bicyclic) bond motifs is 1. The molecule has 0 spiro atoms. The van der Waals surface area contributed by atoms with E-state index in [9.17, 15) is 20.1 Å². The van der Waals surface area contributed by atoms with Crippen molar-refractivity contribution in [2.45, 2.75) is 79.1 Å². The summed E-state index contributed by atoms with van der Waals surface area (Å²) in [6, 6.07) is 6.36. The summed E-state index contributed by atoms with van der Waals surface area (Å²) >= 11 is 7.67. The van der Waals surface area contributed by atoms with Crippen LogP contribution in [0.2, 0.25) is 0 Å². The maximum absolute atomic E-state index is 13.6. The van der Waals surface area contributed by atoms with Crippen LogP contribution in [0.15, 0.2) is 24.3 Å². The minimum atomic E-state index is -1.42. The fraction of sp³-hybridized carbons (Fsp3) is 0.692. The number of aliphatic hydroxyl groups excluding tert-OH is 3. The number of hydrogen-bond donors (Lipinski definition) is 4. The normalized spacial score (nSPS) is 38.2. The number of alkyl halides is 1. The van der Waals surface area contributed by atoms with Gasteiger partial charge in [0.2, 0.25) is 5.91 Å². The second-order valence-corrected chi connectivity index (χ2v) is 11.9. The van der Waals surface area contributed by atoms with E-state index in [1.54, 1.807) is 13.2 Å². The van der Waals surface area contributed by atoms with Crippen LogP contribution in [-0.4, -0.2) is 106 Å². The van der Waals surface area contributed by atoms with Gasteiger partial charge in [0, 0.05) is 19.1 Å². The highest BCUT2D eigenvalue weighted by Gasteiger charge is 2.50. The number of ether oxygens (including phenoxy) is 2. The summed E-state index contributed by atoms with van der Waals surface area (Å²) in [6.07, 6.45) is -1.94. The molecule has 11 atom stereocenters. The Morgan fingerprint density at radius 3 is 2.57 bits per heavy atom. The molecule has 3 heterocycles. The van der Waals surface area contributed by atoms with Crippen LogP contribution >= 0.6 is 23.4 Å². The lowest BCUT2D eigenvalue weighted by Crippen LogP contribution is -2.65. The van der Waals surface area contributed by atoms with Crippen molar-refractivity contribution in [2.75, 3.05) is 26.5 Å². The lowest BCUT2D eigenvalue weighted by Gasteiger charge is -2.44. The summed E-state index contributed by atoms with van der Waals surface area (Å²) in [5.41, 5.74) is 1.03. The van der Waals surface area contributed by atoms with Crippen molar-refractivity contribution in [2.24, 2.45) is 5.92 Å². The highest BCUT2D eigenvalue weighted by Crippen LogP contribution is 2.39. The minimum Gasteiger partial charge on any atom is -0.388 e. The quantitative estimate of drug-likeness (QED) is 0.311. The molecule has 0 bridgehead atoms. The first kappa shape index (κ1) is 28.6. The van der Waals surface area contributed by atoms with E-state index in [0.717, 1.165) is 12.8 Å². The fourth-order valence-corrected chi connectivity index (χ4v) is 6.79. The van der Waals surface area contributed by atoms with E-state index in [2.05, 4.69) is 10.2 Å². The molecule has 0 aliphatic carbocycles. The van der Waals surface area contributed by atoms with Crippen molar-refractivity contribution in [3.8, 4) is 0 Å². The van der Waals surface area contributed by atoms with E-state index >= 15 is 0 Å². The van der Waals surface area contributed by atoms with Crippen molar-refractivity contribution in [3.63, 3.8) is 0 Å². The first-order valence-corrected chi connectivity index (χ1v) is 14.3. The van der Waals surface area contributed by atoms with Crippen molar-refractivity contribution >= 4 is 35.0 Å². The smallest absolute Gasteiger partial charge is 0.240 e. The van der Waals surface area contributed by atoms with E-state index in [4.69, 9.17) is 27.6 Å². The van der Waals surface area contributed by atoms with Crippen LogP contribution in [0, 0.1) is 12.5 Å². The molecule has 1 aromatic carbocycles. The molecule has 37 heavy (non-hydrogen) atoms. The molecule has 1 amide bonds. The van der Waals surface area contributed by atoms with Gasteiger partial charge in [-0.3, -0.25) is 9.69 Å². The third kappa shape index (κ3) is 5.94. The first-order valence-electron chi connectivity index (χ1n) is 12.6. The third-order valence-electron chi connectivity index (χ3n) is 7.90. The zero-order valence-corrected chi connectivity index (χ0v) is 22.8. The third-order valence-corrected chi connectivity index (χ3v) is 9.02. The van der Waals surface area contributed by atoms with Gasteiger partial charge in [0.15, 0.2) is 5.69 Å². The van der Waals surface area contributed by atoms with E-state index in [0.29, 0.717) is 18.8 Å². The van der Waals surface area contributed by atoms with Gasteiger partial charge in [0.1, 0.15) is 35.9 Å². The molecule has 4 rings (SSSR count). The molecule has 204 valence electrons. The molecular weight excluding hydrogens is 518 g/mol. The number of amides is 1. The van der Waals surface area contributed by atoms with E-state index in [-0.39, 0.29) is 23.8 Å². The second-order valence-electron chi connectivity index (χ2n) is 10.3. The standard InChI is InChI=1S/C26H36ClN3O6S/c1-13(27)18(24-21(32)20(31)22(33)26(36-24)37-4)29-25(34)19-23-16(12-30(19)3)11-15(9-10-35-23)14-5-7-17(28-2)8-6-14/h5-8,13,15-16,18-24,26,31-33H,9-12H2,1,3-4H3,(H,29,34)/t13-,15+,16-,18+,19-,20+,21?,22+,23+,24+,26?/m0/s1. The molecule has 1 aromatic rings. The summed E-state index contributed by atoms with van der Waals surface area (Å²) in [4.78, 5) is 19.1. The number of rotatable bonds is 6. The Hall–Kier alpha value is -1.42. The Balaban J connectivity index is 1.47. The van der Waals surface area contributed by atoms with E-state index < -0.39 is 47.3 Å². The summed E-state index contributed by atoms with van der Waals surface area (Å²) in [7, 11) is 1.90. The van der Waals surface area contributed by atoms with Gasteiger partial charge >= 0.3 is 0 Å². The number of likely N-dealkylation sites (tertiary alicyclic amines) is 1. The molecule has 0 aromatic heterocycles. The maximum atomic E-state index is 13.6. The topological polar surface area (TPSA) is 116 Å². The number of benzene rings is 1. The van der Waals surface area contributed by atoms with Gasteiger partial charge in [-0.05, 0) is 44.6 Å². The summed E-state index contributed by atoms with van der Waals surface area (Å²) in [6.45, 7) is 10.1. The van der Waals surface area contributed by atoms with Crippen molar-refractivity contribution in [1.82, 2.24) is 10.2 Å². The van der Waals surface area contributed by atoms with Gasteiger partial charge in [-0.1, -0.05) is 24.3 Å². The Kier molecular flexibility index (Phi) is 9.41. The maximum Gasteiger partial charge on any atom is 0.240 e. The number of thioether (sulfide) groups is 1. The van der Waals surface area contributed by atoms with E-state index in [1.165, 1.54) is 17.3 Å². The predicted octanol–water partition coefficient (Wildman–Crippen LogP) is 1.71. The molecule has 3 fully saturated rings. The molecule has 3 saturated heterocycles. The van der Waals surface area contributed by atoms with Crippen LogP contribution in [0.25, 0.3) is 4.85 Å². The minimum absolute atomic E-state index is 0.148. The Morgan fingerprint density at radius 1 is 1.24 bits per heavy atom. The Labute approximate surface area is 227 Å². The molecule has 3 aliphatic rings. The average molecular weight is 554 g/mol. The van der Waals surface area contributed by atoms with Crippen molar-refractivity contribution < 1.29 is 29.6 Å². The highest BCUT2D eigenvalue weighted by molar-refractivity contribution is 7.99. The summed E-state index contributed by atoms with van der Waals surface area (Å²) in [5.74, 6) is 0.155. The molecule has 3 aliphatic heterocycles. The number of hydrogen-bond acceptors (Lipinski definition) is 8. The number of halogens is 1. The monoisotopic (exact) mass is 553 g/mol. The fourth-order valence-electron chi connectivity index (χ4n) is 5.91. The van der Waals surface area contributed by atoms with Crippen LogP contribution in [-0.2, 0) is 14.3 Å². The van der Waals surface area contributed by atoms with Gasteiger partial charge in [-0.2, -0.15) is 0 Å². The number of likely N-dealkylation sites (N-methyl/N-ethyl adjacent to an activating group) is 1. The molecular formula is C26H36ClN3O6S. The van der Waals surface area contributed by atoms with E-state index in [1.807, 2.05) is 36.2 Å². The first-order chi connectivity index (χ1) is 17.7. The van der Waals surface area contributed by atoms with Crippen LogP contribution < -0.4 is 5.32 Å². The summed E-state index contributed by atoms with van der Waals surface area (Å²) < 4.78 is 12.2. The van der Waals surface area contributed by atoms with Gasteiger partial charge < -0.3 is 30.1 Å².